The molecule has 36 heavy (non-hydrogen) atoms. The number of imidazole rings is 1. The first-order valence-corrected chi connectivity index (χ1v) is 11.4. The van der Waals surface area contributed by atoms with Crippen LogP contribution in [0.3, 0.4) is 0 Å². The fourth-order valence-corrected chi connectivity index (χ4v) is 4.22. The van der Waals surface area contributed by atoms with E-state index in [1.54, 1.807) is 36.9 Å². The number of benzene rings is 1. The molecule has 0 bridgehead atoms. The molecule has 6 rings (SSSR count). The van der Waals surface area contributed by atoms with Gasteiger partial charge in [0.1, 0.15) is 17.2 Å². The maximum atomic E-state index is 15.9. The number of aromatic amines is 2. The molecule has 10 heteroatoms. The van der Waals surface area contributed by atoms with E-state index in [4.69, 9.17) is 0 Å². The van der Waals surface area contributed by atoms with E-state index in [1.165, 1.54) is 12.1 Å². The van der Waals surface area contributed by atoms with Gasteiger partial charge in [0.25, 0.3) is 0 Å². The molecular weight excluding hydrogens is 462 g/mol. The summed E-state index contributed by atoms with van der Waals surface area (Å²) in [5.41, 5.74) is 5.11. The van der Waals surface area contributed by atoms with E-state index >= 15 is 4.39 Å². The minimum Gasteiger partial charge on any atom is -0.335 e. The van der Waals surface area contributed by atoms with Crippen molar-refractivity contribution in [3.8, 4) is 33.9 Å². The van der Waals surface area contributed by atoms with Crippen LogP contribution in [0.4, 0.5) is 8.78 Å². The van der Waals surface area contributed by atoms with Crippen LogP contribution in [0.1, 0.15) is 12.5 Å². The minimum atomic E-state index is -0.522. The van der Waals surface area contributed by atoms with Crippen LogP contribution in [0.2, 0.25) is 0 Å². The van der Waals surface area contributed by atoms with Crippen molar-refractivity contribution in [2.24, 2.45) is 0 Å². The van der Waals surface area contributed by atoms with Crippen molar-refractivity contribution in [1.82, 2.24) is 40.4 Å². The van der Waals surface area contributed by atoms with E-state index in [0.717, 1.165) is 23.2 Å². The first kappa shape index (κ1) is 21.9. The molecule has 6 aromatic rings. The van der Waals surface area contributed by atoms with Gasteiger partial charge >= 0.3 is 0 Å². The van der Waals surface area contributed by atoms with Crippen LogP contribution in [0, 0.1) is 11.6 Å². The average molecular weight is 482 g/mol. The van der Waals surface area contributed by atoms with Gasteiger partial charge in [0.05, 0.1) is 22.6 Å². The SMILES string of the molecule is CCNCc1cncc(-c2ncc3[nH]nc(-c4nc5nccc(-c6ccc(F)cc6)c5[nH]4)c3c2F)c1. The van der Waals surface area contributed by atoms with Crippen molar-refractivity contribution in [2.45, 2.75) is 13.5 Å². The topological polar surface area (TPSA) is 108 Å². The number of aromatic nitrogens is 7. The van der Waals surface area contributed by atoms with Gasteiger partial charge in [0, 0.05) is 36.3 Å². The fourth-order valence-electron chi connectivity index (χ4n) is 4.22. The third-order valence-electron chi connectivity index (χ3n) is 5.96. The van der Waals surface area contributed by atoms with Crippen LogP contribution in [0.5, 0.6) is 0 Å². The molecule has 178 valence electrons. The summed E-state index contributed by atoms with van der Waals surface area (Å²) in [7, 11) is 0. The molecule has 0 aliphatic rings. The number of nitrogens with zero attached hydrogens (tertiary/aromatic N) is 5. The van der Waals surface area contributed by atoms with Gasteiger partial charge in [-0.15, -0.1) is 0 Å². The third-order valence-corrected chi connectivity index (χ3v) is 5.96. The molecule has 0 aliphatic heterocycles. The van der Waals surface area contributed by atoms with Gasteiger partial charge in [-0.2, -0.15) is 5.10 Å². The van der Waals surface area contributed by atoms with Gasteiger partial charge < -0.3 is 10.3 Å². The highest BCUT2D eigenvalue weighted by molar-refractivity contribution is 5.97. The van der Waals surface area contributed by atoms with Crippen molar-refractivity contribution in [2.75, 3.05) is 6.54 Å². The molecule has 5 aromatic heterocycles. The van der Waals surface area contributed by atoms with Gasteiger partial charge in [0.15, 0.2) is 17.3 Å². The highest BCUT2D eigenvalue weighted by Crippen LogP contribution is 2.34. The molecule has 0 saturated heterocycles. The predicted octanol–water partition coefficient (Wildman–Crippen LogP) is 5.01. The first-order valence-electron chi connectivity index (χ1n) is 11.4. The lowest BCUT2D eigenvalue weighted by Gasteiger charge is -2.07. The summed E-state index contributed by atoms with van der Waals surface area (Å²) >= 11 is 0. The Bertz CT molecular complexity index is 1710. The molecule has 0 saturated carbocycles. The second-order valence-corrected chi connectivity index (χ2v) is 8.29. The molecule has 0 fully saturated rings. The van der Waals surface area contributed by atoms with Crippen molar-refractivity contribution < 1.29 is 8.78 Å². The summed E-state index contributed by atoms with van der Waals surface area (Å²) in [6, 6.07) is 9.84. The Morgan fingerprint density at radius 3 is 2.64 bits per heavy atom. The number of halogens is 2. The van der Waals surface area contributed by atoms with E-state index in [9.17, 15) is 4.39 Å². The first-order chi connectivity index (χ1) is 17.6. The van der Waals surface area contributed by atoms with Crippen LogP contribution in [-0.2, 0) is 6.54 Å². The Kier molecular flexibility index (Phi) is 5.42. The van der Waals surface area contributed by atoms with Crippen LogP contribution < -0.4 is 5.32 Å². The van der Waals surface area contributed by atoms with E-state index in [2.05, 4.69) is 40.4 Å². The third kappa shape index (κ3) is 3.77. The molecule has 0 radical (unpaired) electrons. The average Bonchev–Trinajstić information content (AvgIpc) is 3.53. The smallest absolute Gasteiger partial charge is 0.178 e. The zero-order valence-electron chi connectivity index (χ0n) is 19.2. The maximum Gasteiger partial charge on any atom is 0.178 e. The lowest BCUT2D eigenvalue weighted by molar-refractivity contribution is 0.628. The van der Waals surface area contributed by atoms with E-state index < -0.39 is 5.82 Å². The molecule has 0 unspecified atom stereocenters. The normalized spacial score (nSPS) is 11.5. The maximum absolute atomic E-state index is 15.9. The summed E-state index contributed by atoms with van der Waals surface area (Å²) < 4.78 is 29.3. The second-order valence-electron chi connectivity index (χ2n) is 8.29. The quantitative estimate of drug-likeness (QED) is 0.308. The van der Waals surface area contributed by atoms with Crippen LogP contribution in [0.25, 0.3) is 56.0 Å². The molecule has 5 heterocycles. The van der Waals surface area contributed by atoms with Crippen LogP contribution >= 0.6 is 0 Å². The molecular formula is C26H20F2N8. The largest absolute Gasteiger partial charge is 0.335 e. The summed E-state index contributed by atoms with van der Waals surface area (Å²) in [6.07, 6.45) is 6.51. The number of fused-ring (bicyclic) bond motifs is 2. The highest BCUT2D eigenvalue weighted by atomic mass is 19.1. The van der Waals surface area contributed by atoms with Crippen molar-refractivity contribution in [3.63, 3.8) is 0 Å². The number of H-pyrrole nitrogens is 2. The molecule has 1 aromatic carbocycles. The van der Waals surface area contributed by atoms with Gasteiger partial charge in [-0.05, 0) is 41.9 Å². The van der Waals surface area contributed by atoms with Gasteiger partial charge in [0.2, 0.25) is 0 Å². The summed E-state index contributed by atoms with van der Waals surface area (Å²) in [6.45, 7) is 3.46. The highest BCUT2D eigenvalue weighted by Gasteiger charge is 2.21. The Balaban J connectivity index is 1.47. The van der Waals surface area contributed by atoms with Gasteiger partial charge in [-0.25, -0.2) is 18.7 Å². The molecule has 3 N–H and O–H groups in total. The Morgan fingerprint density at radius 2 is 1.81 bits per heavy atom. The lowest BCUT2D eigenvalue weighted by Crippen LogP contribution is -2.11. The molecule has 0 amide bonds. The summed E-state index contributed by atoms with van der Waals surface area (Å²) in [5.74, 6) is -0.487. The van der Waals surface area contributed by atoms with Crippen molar-refractivity contribution in [1.29, 1.82) is 0 Å². The minimum absolute atomic E-state index is 0.178. The van der Waals surface area contributed by atoms with E-state index in [-0.39, 0.29) is 16.9 Å². The Labute approximate surface area is 203 Å². The van der Waals surface area contributed by atoms with Crippen LogP contribution in [0.15, 0.2) is 61.2 Å². The predicted molar refractivity (Wildman–Crippen MR) is 133 cm³/mol. The van der Waals surface area contributed by atoms with Crippen molar-refractivity contribution in [3.05, 3.63) is 78.4 Å². The number of pyridine rings is 3. The van der Waals surface area contributed by atoms with Crippen LogP contribution in [-0.4, -0.2) is 41.7 Å². The van der Waals surface area contributed by atoms with Gasteiger partial charge in [-0.1, -0.05) is 19.1 Å². The number of nitrogens with one attached hydrogen (secondary N) is 3. The number of hydrogen-bond donors (Lipinski definition) is 3. The number of rotatable bonds is 6. The number of hydrogen-bond acceptors (Lipinski definition) is 6. The van der Waals surface area contributed by atoms with Crippen molar-refractivity contribution >= 4 is 22.1 Å². The Hall–Kier alpha value is -4.57. The Morgan fingerprint density at radius 1 is 0.944 bits per heavy atom. The fraction of sp³-hybridized carbons (Fsp3) is 0.115. The van der Waals surface area contributed by atoms with Gasteiger partial charge in [-0.3, -0.25) is 15.1 Å². The van der Waals surface area contributed by atoms with E-state index in [0.29, 0.717) is 40.3 Å². The summed E-state index contributed by atoms with van der Waals surface area (Å²) in [5, 5.41) is 10.7. The van der Waals surface area contributed by atoms with E-state index in [1.807, 2.05) is 19.1 Å². The lowest BCUT2D eigenvalue weighted by atomic mass is 10.1. The monoisotopic (exact) mass is 482 g/mol. The zero-order chi connectivity index (χ0) is 24.6. The molecule has 8 nitrogen and oxygen atoms in total. The second kappa shape index (κ2) is 8.90. The standard InChI is InChI=1S/C26H20F2N8/c1-2-29-10-14-9-16(12-30-11-14)22-21(28)20-19(13-32-22)35-36-24(20)26-33-23-18(7-8-31-25(23)34-26)15-3-5-17(27)6-4-15/h3-9,11-13,29H,2,10H2,1H3,(H,35,36)(H,31,33,34). The molecule has 0 atom stereocenters. The zero-order valence-corrected chi connectivity index (χ0v) is 19.2. The summed E-state index contributed by atoms with van der Waals surface area (Å²) in [4.78, 5) is 20.7. The molecule has 0 spiro atoms. The molecule has 0 aliphatic carbocycles.